The molecule has 2 aromatic rings. The maximum atomic E-state index is 11.9. The number of carbonyl (C=O) groups is 2. The van der Waals surface area contributed by atoms with E-state index in [0.29, 0.717) is 24.4 Å². The largest absolute Gasteiger partial charge is 0.504 e. The highest BCUT2D eigenvalue weighted by Gasteiger charge is 2.06. The number of aromatic hydroxyl groups is 1. The predicted molar refractivity (Wildman–Crippen MR) is 96.2 cm³/mol. The third kappa shape index (κ3) is 5.78. The van der Waals surface area contributed by atoms with Crippen molar-refractivity contribution in [1.29, 1.82) is 0 Å². The molecule has 0 aliphatic rings. The summed E-state index contributed by atoms with van der Waals surface area (Å²) in [6.45, 7) is 1.33. The van der Waals surface area contributed by atoms with Crippen LogP contribution in [-0.4, -0.2) is 35.7 Å². The molecular formula is C19H22N2O5. The number of hydrogen-bond donors (Lipinski definition) is 4. The van der Waals surface area contributed by atoms with E-state index < -0.39 is 5.97 Å². The van der Waals surface area contributed by atoms with Crippen LogP contribution >= 0.6 is 0 Å². The molecule has 0 saturated carbocycles. The molecule has 7 heteroatoms. The number of ether oxygens (including phenoxy) is 1. The molecule has 0 aliphatic carbocycles. The molecule has 0 fully saturated rings. The number of phenols is 1. The maximum Gasteiger partial charge on any atom is 0.305 e. The second-order valence-electron chi connectivity index (χ2n) is 5.71. The van der Waals surface area contributed by atoms with Gasteiger partial charge in [-0.05, 0) is 35.4 Å². The smallest absolute Gasteiger partial charge is 0.305 e. The van der Waals surface area contributed by atoms with Gasteiger partial charge in [-0.3, -0.25) is 9.59 Å². The van der Waals surface area contributed by atoms with E-state index >= 15 is 0 Å². The number of aliphatic carboxylic acids is 1. The zero-order valence-electron chi connectivity index (χ0n) is 14.5. The van der Waals surface area contributed by atoms with E-state index in [1.807, 2.05) is 18.2 Å². The number of rotatable bonds is 9. The van der Waals surface area contributed by atoms with Crippen molar-refractivity contribution in [2.75, 3.05) is 13.7 Å². The highest BCUT2D eigenvalue weighted by atomic mass is 16.5. The van der Waals surface area contributed by atoms with Gasteiger partial charge in [-0.1, -0.05) is 18.2 Å². The lowest BCUT2D eigenvalue weighted by Gasteiger charge is -2.09. The average Bonchev–Trinajstić information content (AvgIpc) is 2.63. The zero-order valence-corrected chi connectivity index (χ0v) is 14.5. The summed E-state index contributed by atoms with van der Waals surface area (Å²) in [5.74, 6) is -0.698. The molecule has 0 saturated heterocycles. The van der Waals surface area contributed by atoms with Gasteiger partial charge in [-0.25, -0.2) is 0 Å². The minimum atomic E-state index is -0.946. The molecule has 0 heterocycles. The quantitative estimate of drug-likeness (QED) is 0.545. The molecule has 0 radical (unpaired) electrons. The number of amides is 1. The molecule has 0 bridgehead atoms. The van der Waals surface area contributed by atoms with Crippen LogP contribution in [0.25, 0.3) is 0 Å². The first-order valence-electron chi connectivity index (χ1n) is 8.15. The molecule has 26 heavy (non-hydrogen) atoms. The van der Waals surface area contributed by atoms with E-state index in [-0.39, 0.29) is 24.6 Å². The van der Waals surface area contributed by atoms with Crippen LogP contribution < -0.4 is 15.4 Å². The molecular weight excluding hydrogens is 336 g/mol. The number of phenolic OH excluding ortho intramolecular Hbond substituents is 1. The van der Waals surface area contributed by atoms with Crippen molar-refractivity contribution < 1.29 is 24.5 Å². The monoisotopic (exact) mass is 358 g/mol. The Morgan fingerprint density at radius 2 is 1.69 bits per heavy atom. The first-order chi connectivity index (χ1) is 12.5. The summed E-state index contributed by atoms with van der Waals surface area (Å²) in [4.78, 5) is 22.3. The number of methoxy groups -OCH3 is 1. The van der Waals surface area contributed by atoms with Crippen molar-refractivity contribution in [1.82, 2.24) is 10.6 Å². The summed E-state index contributed by atoms with van der Waals surface area (Å²) in [6.07, 6.45) is -0.101. The molecule has 2 aromatic carbocycles. The van der Waals surface area contributed by atoms with E-state index in [2.05, 4.69) is 10.6 Å². The van der Waals surface area contributed by atoms with Crippen LogP contribution in [0.4, 0.5) is 0 Å². The van der Waals surface area contributed by atoms with Crippen LogP contribution in [0.5, 0.6) is 11.5 Å². The lowest BCUT2D eigenvalue weighted by Crippen LogP contribution is -2.26. The van der Waals surface area contributed by atoms with Crippen molar-refractivity contribution in [3.63, 3.8) is 0 Å². The molecule has 1 amide bonds. The number of carboxylic acid groups (broad SMARTS) is 1. The number of carbonyl (C=O) groups excluding carboxylic acids is 1. The van der Waals surface area contributed by atoms with E-state index in [1.54, 1.807) is 24.3 Å². The third-order valence-corrected chi connectivity index (χ3v) is 3.74. The summed E-state index contributed by atoms with van der Waals surface area (Å²) in [5.41, 5.74) is 2.48. The van der Waals surface area contributed by atoms with Crippen LogP contribution in [0.1, 0.15) is 27.9 Å². The second kappa shape index (κ2) is 9.43. The van der Waals surface area contributed by atoms with E-state index in [1.165, 1.54) is 7.11 Å². The summed E-state index contributed by atoms with van der Waals surface area (Å²) < 4.78 is 5.08. The topological polar surface area (TPSA) is 108 Å². The van der Waals surface area contributed by atoms with Crippen molar-refractivity contribution in [3.8, 4) is 11.5 Å². The van der Waals surface area contributed by atoms with Gasteiger partial charge in [-0.2, -0.15) is 0 Å². The van der Waals surface area contributed by atoms with Crippen LogP contribution in [-0.2, 0) is 17.9 Å². The van der Waals surface area contributed by atoms with Gasteiger partial charge in [0.1, 0.15) is 0 Å². The van der Waals surface area contributed by atoms with E-state index in [0.717, 1.165) is 11.1 Å². The molecule has 0 spiro atoms. The van der Waals surface area contributed by atoms with Crippen LogP contribution in [0.3, 0.4) is 0 Å². The molecule has 0 aliphatic heterocycles. The van der Waals surface area contributed by atoms with Gasteiger partial charge < -0.3 is 25.6 Å². The highest BCUT2D eigenvalue weighted by Crippen LogP contribution is 2.26. The first kappa shape index (κ1) is 19.3. The van der Waals surface area contributed by atoms with Crippen molar-refractivity contribution in [3.05, 3.63) is 59.2 Å². The Morgan fingerprint density at radius 1 is 1.04 bits per heavy atom. The van der Waals surface area contributed by atoms with E-state index in [9.17, 15) is 14.7 Å². The lowest BCUT2D eigenvalue weighted by molar-refractivity contribution is -0.136. The van der Waals surface area contributed by atoms with Gasteiger partial charge in [0, 0.05) is 25.2 Å². The fourth-order valence-corrected chi connectivity index (χ4v) is 2.34. The minimum Gasteiger partial charge on any atom is -0.504 e. The van der Waals surface area contributed by atoms with Crippen molar-refractivity contribution in [2.45, 2.75) is 19.5 Å². The maximum absolute atomic E-state index is 11.9. The Bertz CT molecular complexity index is 759. The Balaban J connectivity index is 1.82. The summed E-state index contributed by atoms with van der Waals surface area (Å²) in [5, 5.41) is 24.0. The predicted octanol–water partition coefficient (Wildman–Crippen LogP) is 1.90. The van der Waals surface area contributed by atoms with Crippen LogP contribution in [0, 0.1) is 0 Å². The molecule has 138 valence electrons. The second-order valence-corrected chi connectivity index (χ2v) is 5.71. The molecule has 0 atom stereocenters. The molecule has 4 N–H and O–H groups in total. The van der Waals surface area contributed by atoms with Gasteiger partial charge >= 0.3 is 5.97 Å². The normalized spacial score (nSPS) is 10.3. The van der Waals surface area contributed by atoms with Gasteiger partial charge in [0.25, 0.3) is 5.91 Å². The third-order valence-electron chi connectivity index (χ3n) is 3.74. The lowest BCUT2D eigenvalue weighted by atomic mass is 10.1. The minimum absolute atomic E-state index is 0.101. The van der Waals surface area contributed by atoms with Crippen LogP contribution in [0.2, 0.25) is 0 Å². The van der Waals surface area contributed by atoms with Crippen molar-refractivity contribution in [2.24, 2.45) is 0 Å². The Hall–Kier alpha value is -3.06. The molecule has 7 nitrogen and oxygen atoms in total. The standard InChI is InChI=1S/C19H22N2O5/c1-26-17-10-14(4-7-16(17)22)12-20-11-13-2-5-15(6-3-13)19(25)21-9-8-18(23)24/h2-7,10,20,22H,8-9,11-12H2,1H3,(H,21,25)(H,23,24). The Kier molecular flexibility index (Phi) is 6.99. The number of carboxylic acids is 1. The Labute approximate surface area is 151 Å². The Morgan fingerprint density at radius 3 is 2.35 bits per heavy atom. The number of hydrogen-bond acceptors (Lipinski definition) is 5. The SMILES string of the molecule is COc1cc(CNCc2ccc(C(=O)NCCC(=O)O)cc2)ccc1O. The van der Waals surface area contributed by atoms with Gasteiger partial charge in [0.05, 0.1) is 13.5 Å². The highest BCUT2D eigenvalue weighted by molar-refractivity contribution is 5.94. The van der Waals surface area contributed by atoms with Gasteiger partial charge in [0.15, 0.2) is 11.5 Å². The van der Waals surface area contributed by atoms with Crippen LogP contribution in [0.15, 0.2) is 42.5 Å². The summed E-state index contributed by atoms with van der Waals surface area (Å²) in [7, 11) is 1.51. The number of benzene rings is 2. The summed E-state index contributed by atoms with van der Waals surface area (Å²) >= 11 is 0. The first-order valence-corrected chi connectivity index (χ1v) is 8.15. The fraction of sp³-hybridized carbons (Fsp3) is 0.263. The average molecular weight is 358 g/mol. The van der Waals surface area contributed by atoms with Gasteiger partial charge in [0.2, 0.25) is 0 Å². The summed E-state index contributed by atoms with van der Waals surface area (Å²) in [6, 6.07) is 12.3. The van der Waals surface area contributed by atoms with Gasteiger partial charge in [-0.15, -0.1) is 0 Å². The molecule has 0 unspecified atom stereocenters. The zero-order chi connectivity index (χ0) is 18.9. The fourth-order valence-electron chi connectivity index (χ4n) is 2.34. The van der Waals surface area contributed by atoms with E-state index in [4.69, 9.17) is 9.84 Å². The number of nitrogens with one attached hydrogen (secondary N) is 2. The molecule has 0 aromatic heterocycles. The van der Waals surface area contributed by atoms with Crippen molar-refractivity contribution >= 4 is 11.9 Å². The molecule has 2 rings (SSSR count).